The molecule has 1 aromatic rings. The molecule has 0 aromatic heterocycles. The normalized spacial score (nSPS) is 10.4. The summed E-state index contributed by atoms with van der Waals surface area (Å²) in [6.07, 6.45) is 10.6. The number of esters is 1. The number of allylic oxidation sites excluding steroid dienone is 1. The van der Waals surface area contributed by atoms with Crippen molar-refractivity contribution in [2.24, 2.45) is 0 Å². The van der Waals surface area contributed by atoms with Crippen LogP contribution in [0.25, 0.3) is 0 Å². The first-order chi connectivity index (χ1) is 10.1. The number of carbonyl (C=O) groups excluding carboxylic acids is 1. The molecular formula is C19H28O2. The lowest BCUT2D eigenvalue weighted by Gasteiger charge is -2.08. The predicted molar refractivity (Wildman–Crippen MR) is 88.7 cm³/mol. The number of carbonyl (C=O) groups is 1. The van der Waals surface area contributed by atoms with Gasteiger partial charge < -0.3 is 4.74 Å². The fourth-order valence-electron chi connectivity index (χ4n) is 2.26. The standard InChI is InChI=1S/C19H28O2/c1-4-5-6-7-8-9-10-11-12-19(20)21-18-15-16(2)13-14-17(18)3/h4,13-15H,1,5-12H2,2-3H3. The van der Waals surface area contributed by atoms with Gasteiger partial charge in [0.25, 0.3) is 0 Å². The van der Waals surface area contributed by atoms with Crippen molar-refractivity contribution in [3.63, 3.8) is 0 Å². The van der Waals surface area contributed by atoms with Gasteiger partial charge in [-0.25, -0.2) is 0 Å². The smallest absolute Gasteiger partial charge is 0.311 e. The minimum Gasteiger partial charge on any atom is -0.426 e. The second kappa shape index (κ2) is 10.2. The molecule has 0 spiro atoms. The third kappa shape index (κ3) is 7.69. The van der Waals surface area contributed by atoms with E-state index in [1.165, 1.54) is 25.7 Å². The van der Waals surface area contributed by atoms with Crippen LogP contribution in [0.15, 0.2) is 30.9 Å². The third-order valence-electron chi connectivity index (χ3n) is 3.61. The highest BCUT2D eigenvalue weighted by atomic mass is 16.5. The molecule has 0 N–H and O–H groups in total. The van der Waals surface area contributed by atoms with Crippen molar-refractivity contribution in [1.82, 2.24) is 0 Å². The van der Waals surface area contributed by atoms with E-state index >= 15 is 0 Å². The Morgan fingerprint density at radius 3 is 2.48 bits per heavy atom. The van der Waals surface area contributed by atoms with Crippen molar-refractivity contribution in [2.75, 3.05) is 0 Å². The molecule has 0 fully saturated rings. The summed E-state index contributed by atoms with van der Waals surface area (Å²) in [4.78, 5) is 11.8. The number of aryl methyl sites for hydroxylation is 2. The lowest BCUT2D eigenvalue weighted by molar-refractivity contribution is -0.134. The Morgan fingerprint density at radius 1 is 1.10 bits per heavy atom. The average Bonchev–Trinajstić information content (AvgIpc) is 2.46. The molecule has 2 nitrogen and oxygen atoms in total. The molecule has 0 radical (unpaired) electrons. The monoisotopic (exact) mass is 288 g/mol. The van der Waals surface area contributed by atoms with Crippen molar-refractivity contribution < 1.29 is 9.53 Å². The van der Waals surface area contributed by atoms with E-state index in [0.717, 1.165) is 30.4 Å². The molecule has 0 aliphatic rings. The maximum atomic E-state index is 11.8. The van der Waals surface area contributed by atoms with Crippen molar-refractivity contribution in [2.45, 2.75) is 65.2 Å². The van der Waals surface area contributed by atoms with Gasteiger partial charge in [0.2, 0.25) is 0 Å². The summed E-state index contributed by atoms with van der Waals surface area (Å²) in [5.74, 6) is 0.583. The van der Waals surface area contributed by atoms with Crippen molar-refractivity contribution in [1.29, 1.82) is 0 Å². The molecule has 2 heteroatoms. The molecule has 0 saturated heterocycles. The molecule has 0 aliphatic heterocycles. The van der Waals surface area contributed by atoms with Gasteiger partial charge in [0, 0.05) is 6.42 Å². The van der Waals surface area contributed by atoms with Gasteiger partial charge in [-0.1, -0.05) is 43.9 Å². The van der Waals surface area contributed by atoms with Gasteiger partial charge in [-0.3, -0.25) is 4.79 Å². The Balaban J connectivity index is 2.14. The van der Waals surface area contributed by atoms with Crippen LogP contribution in [0, 0.1) is 13.8 Å². The van der Waals surface area contributed by atoms with E-state index in [0.29, 0.717) is 12.2 Å². The number of hydrogen-bond donors (Lipinski definition) is 0. The number of ether oxygens (including phenoxy) is 1. The summed E-state index contributed by atoms with van der Waals surface area (Å²) in [6, 6.07) is 5.94. The molecule has 1 aromatic carbocycles. The SMILES string of the molecule is C=CCCCCCCCCC(=O)Oc1cc(C)ccc1C. The Bertz CT molecular complexity index is 449. The maximum Gasteiger partial charge on any atom is 0.311 e. The third-order valence-corrected chi connectivity index (χ3v) is 3.61. The Kier molecular flexibility index (Phi) is 8.49. The van der Waals surface area contributed by atoms with Gasteiger partial charge in [-0.15, -0.1) is 6.58 Å². The Labute approximate surface area is 129 Å². The first kappa shape index (κ1) is 17.5. The van der Waals surface area contributed by atoms with Crippen LogP contribution in [0.5, 0.6) is 5.75 Å². The molecule has 116 valence electrons. The van der Waals surface area contributed by atoms with Gasteiger partial charge in [0.05, 0.1) is 0 Å². The first-order valence-electron chi connectivity index (χ1n) is 8.02. The van der Waals surface area contributed by atoms with E-state index in [9.17, 15) is 4.79 Å². The van der Waals surface area contributed by atoms with Gasteiger partial charge >= 0.3 is 5.97 Å². The van der Waals surface area contributed by atoms with E-state index < -0.39 is 0 Å². The zero-order valence-electron chi connectivity index (χ0n) is 13.5. The van der Waals surface area contributed by atoms with Gasteiger partial charge in [0.15, 0.2) is 0 Å². The van der Waals surface area contributed by atoms with E-state index in [2.05, 4.69) is 6.58 Å². The minimum atomic E-state index is -0.115. The minimum absolute atomic E-state index is 0.115. The van der Waals surface area contributed by atoms with Gasteiger partial charge in [-0.05, 0) is 50.3 Å². The quantitative estimate of drug-likeness (QED) is 0.245. The Hall–Kier alpha value is -1.57. The van der Waals surface area contributed by atoms with Crippen LogP contribution < -0.4 is 4.74 Å². The summed E-state index contributed by atoms with van der Waals surface area (Å²) in [5, 5.41) is 0. The van der Waals surface area contributed by atoms with Crippen molar-refractivity contribution >= 4 is 5.97 Å². The predicted octanol–water partition coefficient (Wildman–Crippen LogP) is 5.52. The van der Waals surface area contributed by atoms with Gasteiger partial charge in [0.1, 0.15) is 5.75 Å². The molecule has 0 bridgehead atoms. The van der Waals surface area contributed by atoms with E-state index in [1.807, 2.05) is 38.1 Å². The summed E-state index contributed by atoms with van der Waals surface area (Å²) < 4.78 is 5.44. The average molecular weight is 288 g/mol. The lowest BCUT2D eigenvalue weighted by Crippen LogP contribution is -2.08. The molecule has 21 heavy (non-hydrogen) atoms. The molecule has 0 atom stereocenters. The molecule has 0 saturated carbocycles. The zero-order chi connectivity index (χ0) is 15.5. The number of rotatable bonds is 10. The van der Waals surface area contributed by atoms with E-state index in [1.54, 1.807) is 0 Å². The highest BCUT2D eigenvalue weighted by Gasteiger charge is 2.07. The first-order valence-corrected chi connectivity index (χ1v) is 8.02. The van der Waals surface area contributed by atoms with Crippen molar-refractivity contribution in [3.05, 3.63) is 42.0 Å². The number of benzene rings is 1. The van der Waals surface area contributed by atoms with Crippen LogP contribution in [0.3, 0.4) is 0 Å². The molecule has 0 unspecified atom stereocenters. The fourth-order valence-corrected chi connectivity index (χ4v) is 2.26. The van der Waals surface area contributed by atoms with Gasteiger partial charge in [-0.2, -0.15) is 0 Å². The summed E-state index contributed by atoms with van der Waals surface area (Å²) in [7, 11) is 0. The lowest BCUT2D eigenvalue weighted by atomic mass is 10.1. The second-order valence-electron chi connectivity index (χ2n) is 5.69. The largest absolute Gasteiger partial charge is 0.426 e. The summed E-state index contributed by atoms with van der Waals surface area (Å²) in [5.41, 5.74) is 2.12. The maximum absolute atomic E-state index is 11.8. The highest BCUT2D eigenvalue weighted by Crippen LogP contribution is 2.20. The Morgan fingerprint density at radius 2 is 1.76 bits per heavy atom. The number of unbranched alkanes of at least 4 members (excludes halogenated alkanes) is 6. The molecule has 1 rings (SSSR count). The fraction of sp³-hybridized carbons (Fsp3) is 0.526. The number of hydrogen-bond acceptors (Lipinski definition) is 2. The van der Waals surface area contributed by atoms with E-state index in [4.69, 9.17) is 4.74 Å². The van der Waals surface area contributed by atoms with Crippen LogP contribution >= 0.6 is 0 Å². The van der Waals surface area contributed by atoms with Crippen LogP contribution in [-0.4, -0.2) is 5.97 Å². The van der Waals surface area contributed by atoms with Crippen LogP contribution in [0.4, 0.5) is 0 Å². The van der Waals surface area contributed by atoms with Crippen molar-refractivity contribution in [3.8, 4) is 5.75 Å². The molecule has 0 amide bonds. The van der Waals surface area contributed by atoms with E-state index in [-0.39, 0.29) is 5.97 Å². The van der Waals surface area contributed by atoms with Crippen LogP contribution in [-0.2, 0) is 4.79 Å². The second-order valence-corrected chi connectivity index (χ2v) is 5.69. The molecule has 0 aliphatic carbocycles. The summed E-state index contributed by atoms with van der Waals surface area (Å²) >= 11 is 0. The zero-order valence-corrected chi connectivity index (χ0v) is 13.5. The highest BCUT2D eigenvalue weighted by molar-refractivity contribution is 5.72. The van der Waals surface area contributed by atoms with Crippen LogP contribution in [0.2, 0.25) is 0 Å². The molecule has 0 heterocycles. The summed E-state index contributed by atoms with van der Waals surface area (Å²) in [6.45, 7) is 7.69. The van der Waals surface area contributed by atoms with Crippen LogP contribution in [0.1, 0.15) is 62.5 Å². The molecular weight excluding hydrogens is 260 g/mol. The topological polar surface area (TPSA) is 26.3 Å².